The lowest BCUT2D eigenvalue weighted by Crippen LogP contribution is -2.25. The summed E-state index contributed by atoms with van der Waals surface area (Å²) >= 11 is 0. The molecule has 47 valence electrons. The maximum Gasteiger partial charge on any atom is 0.457 e. The molecule has 0 spiro atoms. The molecule has 0 aliphatic rings. The fourth-order valence-corrected chi connectivity index (χ4v) is 0.428. The van der Waals surface area contributed by atoms with Gasteiger partial charge in [-0.3, -0.25) is 15.6 Å². The summed E-state index contributed by atoms with van der Waals surface area (Å²) in [6.45, 7) is 0. The number of carbonyl (C=O) groups is 1. The molecular weight excluding hydrogens is 133 g/mol. The van der Waals surface area contributed by atoms with Gasteiger partial charge in [-0.25, -0.2) is 15.0 Å². The molecule has 0 atom stereocenters. The predicted octanol–water partition coefficient (Wildman–Crippen LogP) is -0.848. The monoisotopic (exact) mass is 138 g/mol. The van der Waals surface area contributed by atoms with Gasteiger partial charge in [0.1, 0.15) is 0 Å². The summed E-state index contributed by atoms with van der Waals surface area (Å²) in [7, 11) is -3.63. The number of hydrogen-bond donors (Lipinski definition) is 3. The van der Waals surface area contributed by atoms with E-state index in [1.807, 2.05) is 0 Å². The Bertz CT molecular complexity index is 137. The fourth-order valence-electron chi connectivity index (χ4n) is 0.143. The molecular formula is CH5N3O3P. The molecule has 0 bridgehead atoms. The van der Waals surface area contributed by atoms with E-state index in [1.165, 1.54) is 5.09 Å². The lowest BCUT2D eigenvalue weighted by molar-refractivity contribution is 0.175. The highest BCUT2D eigenvalue weighted by Gasteiger charge is 2.11. The van der Waals surface area contributed by atoms with Gasteiger partial charge >= 0.3 is 13.7 Å². The van der Waals surface area contributed by atoms with Gasteiger partial charge in [0.15, 0.2) is 0 Å². The first kappa shape index (κ1) is 7.42. The van der Waals surface area contributed by atoms with Crippen molar-refractivity contribution in [2.75, 3.05) is 0 Å². The highest BCUT2D eigenvalue weighted by Crippen LogP contribution is 2.15. The SMILES string of the molecule is NP(N)(=O)NC([O])=O. The second kappa shape index (κ2) is 2.13. The number of carbonyl (C=O) groups excluding carboxylic acids is 1. The molecule has 5 N–H and O–H groups in total. The fraction of sp³-hybridized carbons (Fsp3) is 0. The van der Waals surface area contributed by atoms with Crippen LogP contribution < -0.4 is 16.1 Å². The standard InChI is InChI=1S/CH5N3O3P/c2-8(3,7)4-1(5)6/h(H5,2,3,4,7). The van der Waals surface area contributed by atoms with Gasteiger partial charge in [-0.15, -0.1) is 0 Å². The van der Waals surface area contributed by atoms with Crippen LogP contribution in [0.2, 0.25) is 0 Å². The summed E-state index contributed by atoms with van der Waals surface area (Å²) < 4.78 is 10.0. The van der Waals surface area contributed by atoms with Gasteiger partial charge in [-0.2, -0.15) is 0 Å². The van der Waals surface area contributed by atoms with Crippen molar-refractivity contribution >= 4 is 13.7 Å². The molecule has 0 rings (SSSR count). The number of amides is 1. The third kappa shape index (κ3) is 5.42. The Morgan fingerprint density at radius 3 is 1.88 bits per heavy atom. The van der Waals surface area contributed by atoms with Crippen LogP contribution >= 0.6 is 7.59 Å². The van der Waals surface area contributed by atoms with E-state index in [4.69, 9.17) is 0 Å². The molecule has 0 aromatic carbocycles. The smallest absolute Gasteiger partial charge is 0.264 e. The van der Waals surface area contributed by atoms with E-state index in [0.717, 1.165) is 0 Å². The van der Waals surface area contributed by atoms with Crippen molar-refractivity contribution in [3.8, 4) is 0 Å². The van der Waals surface area contributed by atoms with Crippen LogP contribution in [0.15, 0.2) is 0 Å². The summed E-state index contributed by atoms with van der Waals surface area (Å²) in [6, 6.07) is 0. The van der Waals surface area contributed by atoms with Crippen LogP contribution in [0.25, 0.3) is 0 Å². The molecule has 1 amide bonds. The first-order valence-corrected chi connectivity index (χ1v) is 3.43. The molecule has 0 aliphatic carbocycles. The minimum Gasteiger partial charge on any atom is -0.264 e. The Morgan fingerprint density at radius 1 is 1.50 bits per heavy atom. The normalized spacial score (nSPS) is 10.8. The van der Waals surface area contributed by atoms with Crippen LogP contribution in [-0.2, 0) is 9.67 Å². The van der Waals surface area contributed by atoms with E-state index in [0.29, 0.717) is 0 Å². The topological polar surface area (TPSA) is 118 Å². The van der Waals surface area contributed by atoms with Crippen LogP contribution in [0.4, 0.5) is 4.79 Å². The molecule has 8 heavy (non-hydrogen) atoms. The van der Waals surface area contributed by atoms with Crippen LogP contribution in [0, 0.1) is 0 Å². The molecule has 0 aliphatic heterocycles. The second-order valence-electron chi connectivity index (χ2n) is 1.11. The Balaban J connectivity index is 3.74. The number of rotatable bonds is 1. The Kier molecular flexibility index (Phi) is 1.97. The van der Waals surface area contributed by atoms with E-state index < -0.39 is 13.7 Å². The molecule has 0 aromatic rings. The third-order valence-electron chi connectivity index (χ3n) is 0.266. The van der Waals surface area contributed by atoms with Gasteiger partial charge in [-0.05, 0) is 0 Å². The van der Waals surface area contributed by atoms with Crippen molar-refractivity contribution in [2.24, 2.45) is 11.0 Å². The molecule has 7 heteroatoms. The third-order valence-corrected chi connectivity index (χ3v) is 0.798. The highest BCUT2D eigenvalue weighted by molar-refractivity contribution is 7.57. The van der Waals surface area contributed by atoms with Gasteiger partial charge in [0.05, 0.1) is 0 Å². The van der Waals surface area contributed by atoms with Crippen LogP contribution in [-0.4, -0.2) is 6.09 Å². The first-order valence-electron chi connectivity index (χ1n) is 1.58. The second-order valence-corrected chi connectivity index (χ2v) is 2.75. The van der Waals surface area contributed by atoms with Crippen LogP contribution in [0.3, 0.4) is 0 Å². The van der Waals surface area contributed by atoms with Crippen molar-refractivity contribution in [1.82, 2.24) is 5.09 Å². The summed E-state index contributed by atoms with van der Waals surface area (Å²) in [4.78, 5) is 9.46. The summed E-state index contributed by atoms with van der Waals surface area (Å²) in [5.41, 5.74) is 9.08. The summed E-state index contributed by atoms with van der Waals surface area (Å²) in [5, 5.41) is 10.8. The van der Waals surface area contributed by atoms with E-state index >= 15 is 0 Å². The molecule has 0 unspecified atom stereocenters. The van der Waals surface area contributed by atoms with Crippen LogP contribution in [0.1, 0.15) is 0 Å². The molecule has 0 aromatic heterocycles. The average molecular weight is 138 g/mol. The van der Waals surface area contributed by atoms with E-state index in [2.05, 4.69) is 11.0 Å². The van der Waals surface area contributed by atoms with Gasteiger partial charge in [0.25, 0.3) is 0 Å². The lowest BCUT2D eigenvalue weighted by atomic mass is 11.3. The van der Waals surface area contributed by atoms with E-state index in [9.17, 15) is 14.5 Å². The zero-order valence-corrected chi connectivity index (χ0v) is 4.72. The molecule has 0 heterocycles. The largest absolute Gasteiger partial charge is 0.457 e. The van der Waals surface area contributed by atoms with Gasteiger partial charge < -0.3 is 0 Å². The number of hydrogen-bond acceptors (Lipinski definition) is 2. The maximum atomic E-state index is 10.0. The Labute approximate surface area is 45.4 Å². The van der Waals surface area contributed by atoms with Crippen molar-refractivity contribution in [1.29, 1.82) is 0 Å². The Hall–Kier alpha value is -0.580. The molecule has 6 nitrogen and oxygen atoms in total. The first-order chi connectivity index (χ1) is 3.42. The highest BCUT2D eigenvalue weighted by atomic mass is 31.2. The van der Waals surface area contributed by atoms with Gasteiger partial charge in [0, 0.05) is 0 Å². The van der Waals surface area contributed by atoms with Crippen molar-refractivity contribution in [3.05, 3.63) is 0 Å². The predicted molar refractivity (Wildman–Crippen MR) is 25.2 cm³/mol. The maximum absolute atomic E-state index is 10.0. The average Bonchev–Trinajstić information content (AvgIpc) is 1.21. The Morgan fingerprint density at radius 2 is 1.88 bits per heavy atom. The van der Waals surface area contributed by atoms with Crippen molar-refractivity contribution < 1.29 is 14.5 Å². The van der Waals surface area contributed by atoms with Gasteiger partial charge in [0.2, 0.25) is 0 Å². The molecule has 0 saturated carbocycles. The van der Waals surface area contributed by atoms with E-state index in [1.54, 1.807) is 0 Å². The number of nitrogens with one attached hydrogen (secondary N) is 1. The zero-order valence-electron chi connectivity index (χ0n) is 3.83. The van der Waals surface area contributed by atoms with Crippen molar-refractivity contribution in [3.63, 3.8) is 0 Å². The molecule has 0 saturated heterocycles. The molecule has 0 fully saturated rings. The van der Waals surface area contributed by atoms with Crippen LogP contribution in [0.5, 0.6) is 0 Å². The molecule has 1 radical (unpaired) electrons. The van der Waals surface area contributed by atoms with Gasteiger partial charge in [-0.1, -0.05) is 0 Å². The summed E-state index contributed by atoms with van der Waals surface area (Å²) in [5.74, 6) is 0. The minimum absolute atomic E-state index is 1.30. The van der Waals surface area contributed by atoms with E-state index in [-0.39, 0.29) is 0 Å². The number of nitrogens with two attached hydrogens (primary N) is 2. The minimum atomic E-state index is -3.63. The summed E-state index contributed by atoms with van der Waals surface area (Å²) in [6.07, 6.45) is -1.74. The zero-order chi connectivity index (χ0) is 6.78. The van der Waals surface area contributed by atoms with Crippen molar-refractivity contribution in [2.45, 2.75) is 0 Å². The lowest BCUT2D eigenvalue weighted by Gasteiger charge is -2.00. The quantitative estimate of drug-likeness (QED) is 0.409.